The Kier molecular flexibility index (Phi) is 4.56. The molecular weight excluding hydrogens is 283 g/mol. The summed E-state index contributed by atoms with van der Waals surface area (Å²) in [5.74, 6) is 0. The van der Waals surface area contributed by atoms with E-state index in [1.54, 1.807) is 0 Å². The molecular formula is C17H20N2V. The van der Waals surface area contributed by atoms with E-state index >= 15 is 0 Å². The number of nitrogens with zero attached hydrogens (tertiary/aromatic N) is 2. The molecule has 2 unspecified atom stereocenters. The molecule has 2 nitrogen and oxygen atoms in total. The molecule has 3 heteroatoms. The number of fused-ring (bicyclic) bond motifs is 2. The van der Waals surface area contributed by atoms with Gasteiger partial charge in [0.05, 0.1) is 0 Å². The molecule has 0 spiro atoms. The van der Waals surface area contributed by atoms with E-state index in [1.807, 2.05) is 10.8 Å². The minimum absolute atomic E-state index is 0.712. The molecule has 0 N–H and O–H groups in total. The van der Waals surface area contributed by atoms with Crippen LogP contribution in [0.25, 0.3) is 0 Å². The molecule has 0 saturated carbocycles. The second-order valence-corrected chi connectivity index (χ2v) is 6.01. The zero-order valence-corrected chi connectivity index (χ0v) is 13.0. The van der Waals surface area contributed by atoms with Gasteiger partial charge in [0, 0.05) is 0 Å². The van der Waals surface area contributed by atoms with Crippen molar-refractivity contribution < 1.29 is 17.0 Å². The molecule has 3 aliphatic heterocycles. The first-order chi connectivity index (χ1) is 9.86. The van der Waals surface area contributed by atoms with Crippen molar-refractivity contribution in [3.8, 4) is 0 Å². The number of rotatable bonds is 5. The molecule has 20 heavy (non-hydrogen) atoms. The summed E-state index contributed by atoms with van der Waals surface area (Å²) >= 11 is 2.45. The fraction of sp³-hybridized carbons (Fsp3) is 0.353. The van der Waals surface area contributed by atoms with Crippen LogP contribution in [0.4, 0.5) is 0 Å². The summed E-state index contributed by atoms with van der Waals surface area (Å²) in [5.41, 5.74) is 1.43. The first kappa shape index (κ1) is 13.9. The molecule has 1 aromatic rings. The van der Waals surface area contributed by atoms with Crippen molar-refractivity contribution in [2.24, 2.45) is 0 Å². The number of benzene rings is 1. The second-order valence-electron chi connectivity index (χ2n) is 5.55. The number of piperazine rings is 1. The van der Waals surface area contributed by atoms with Gasteiger partial charge in [-0.05, 0) is 0 Å². The van der Waals surface area contributed by atoms with Gasteiger partial charge in [0.1, 0.15) is 0 Å². The van der Waals surface area contributed by atoms with Gasteiger partial charge in [0.2, 0.25) is 0 Å². The third-order valence-corrected chi connectivity index (χ3v) is 4.41. The van der Waals surface area contributed by atoms with E-state index in [-0.39, 0.29) is 0 Å². The van der Waals surface area contributed by atoms with E-state index in [4.69, 9.17) is 0 Å². The van der Waals surface area contributed by atoms with Crippen LogP contribution in [0.15, 0.2) is 54.8 Å². The fourth-order valence-electron chi connectivity index (χ4n) is 3.20. The van der Waals surface area contributed by atoms with Gasteiger partial charge in [0.25, 0.3) is 0 Å². The van der Waals surface area contributed by atoms with Crippen LogP contribution in [-0.4, -0.2) is 39.7 Å². The molecule has 2 atom stereocenters. The summed E-state index contributed by atoms with van der Waals surface area (Å²) in [6.45, 7) is 3.47. The molecule has 4 rings (SSSR count). The summed E-state index contributed by atoms with van der Waals surface area (Å²) in [7, 11) is 0. The van der Waals surface area contributed by atoms with E-state index < -0.39 is 0 Å². The normalized spacial score (nSPS) is 26.1. The Hall–Kier alpha value is -1.09. The van der Waals surface area contributed by atoms with Gasteiger partial charge in [-0.1, -0.05) is 18.2 Å². The van der Waals surface area contributed by atoms with E-state index in [0.29, 0.717) is 12.1 Å². The summed E-state index contributed by atoms with van der Waals surface area (Å²) in [5, 5.41) is 0. The molecule has 3 heterocycles. The van der Waals surface area contributed by atoms with Gasteiger partial charge in [-0.2, -0.15) is 0 Å². The minimum atomic E-state index is 0.712. The van der Waals surface area contributed by atoms with E-state index in [2.05, 4.69) is 75.5 Å². The number of hydrogen-bond donors (Lipinski definition) is 0. The van der Waals surface area contributed by atoms with Crippen molar-refractivity contribution in [2.75, 3.05) is 13.1 Å². The Morgan fingerprint density at radius 1 is 1.05 bits per heavy atom. The van der Waals surface area contributed by atoms with Crippen molar-refractivity contribution in [2.45, 2.75) is 25.0 Å². The molecule has 0 amide bonds. The predicted octanol–water partition coefficient (Wildman–Crippen LogP) is 2.36. The zero-order valence-electron chi connectivity index (χ0n) is 11.6. The van der Waals surface area contributed by atoms with Gasteiger partial charge in [-0.25, -0.2) is 0 Å². The fourth-order valence-corrected chi connectivity index (χ4v) is 3.36. The number of allylic oxidation sites excluding steroid dienone is 3. The topological polar surface area (TPSA) is 6.48 Å². The van der Waals surface area contributed by atoms with Crippen LogP contribution >= 0.6 is 0 Å². The average molecular weight is 303 g/mol. The number of hydrogen-bond acceptors (Lipinski definition) is 2. The Labute approximate surface area is 130 Å². The molecule has 3 fully saturated rings. The monoisotopic (exact) mass is 303 g/mol. The molecule has 0 aromatic heterocycles. The Morgan fingerprint density at radius 3 is 2.50 bits per heavy atom. The van der Waals surface area contributed by atoms with Crippen LogP contribution in [0.5, 0.6) is 0 Å². The maximum absolute atomic E-state index is 2.59. The van der Waals surface area contributed by atoms with Gasteiger partial charge in [-0.3, -0.25) is 0 Å². The molecule has 2 bridgehead atoms. The molecule has 0 radical (unpaired) electrons. The van der Waals surface area contributed by atoms with Crippen molar-refractivity contribution in [1.29, 1.82) is 0 Å². The molecule has 3 aliphatic rings. The maximum atomic E-state index is 2.59. The van der Waals surface area contributed by atoms with Crippen molar-refractivity contribution in [1.82, 2.24) is 9.80 Å². The van der Waals surface area contributed by atoms with Crippen molar-refractivity contribution >= 4 is 4.73 Å². The summed E-state index contributed by atoms with van der Waals surface area (Å²) in [6.07, 6.45) is 9.90. The van der Waals surface area contributed by atoms with Crippen LogP contribution in [0.1, 0.15) is 12.0 Å². The van der Waals surface area contributed by atoms with Crippen LogP contribution < -0.4 is 0 Å². The van der Waals surface area contributed by atoms with Crippen LogP contribution in [0.2, 0.25) is 0 Å². The first-order valence-electron chi connectivity index (χ1n) is 7.21. The van der Waals surface area contributed by atoms with E-state index in [1.165, 1.54) is 25.1 Å². The standard InChI is InChI=1S/C17H20N2.V/c1-2-3-7-10-19-16-11-17(19)14-18(13-16)12-15-8-5-4-6-9-15;/h1-10,16-17H,11-14H2;/b3-2-,10-7?;. The van der Waals surface area contributed by atoms with Crippen LogP contribution in [0.3, 0.4) is 0 Å². The Balaban J connectivity index is 1.53. The Bertz CT molecular complexity index is 497. The summed E-state index contributed by atoms with van der Waals surface area (Å²) < 4.78 is 2.00. The molecule has 1 aromatic carbocycles. The van der Waals surface area contributed by atoms with E-state index in [9.17, 15) is 0 Å². The molecule has 103 valence electrons. The van der Waals surface area contributed by atoms with Crippen molar-refractivity contribution in [3.63, 3.8) is 0 Å². The second kappa shape index (κ2) is 6.58. The zero-order chi connectivity index (χ0) is 13.8. The SMILES string of the molecule is [V]=[CH]/C=C\C=CN1C2CC1CN(Cc1ccccc1)C2. The quantitative estimate of drug-likeness (QED) is 0.771. The van der Waals surface area contributed by atoms with Crippen molar-refractivity contribution in [3.05, 3.63) is 60.3 Å². The van der Waals surface area contributed by atoms with Gasteiger partial charge in [-0.15, -0.1) is 0 Å². The average Bonchev–Trinajstić information content (AvgIpc) is 2.48. The third kappa shape index (κ3) is 3.14. The summed E-state index contributed by atoms with van der Waals surface area (Å²) in [4.78, 5) is 5.11. The van der Waals surface area contributed by atoms with Crippen LogP contribution in [0, 0.1) is 0 Å². The molecule has 3 saturated heterocycles. The van der Waals surface area contributed by atoms with E-state index in [0.717, 1.165) is 6.54 Å². The molecule has 0 aliphatic carbocycles. The summed E-state index contributed by atoms with van der Waals surface area (Å²) in [6, 6.07) is 12.2. The first-order valence-corrected chi connectivity index (χ1v) is 8.02. The van der Waals surface area contributed by atoms with Gasteiger partial charge < -0.3 is 0 Å². The third-order valence-electron chi connectivity index (χ3n) is 4.14. The van der Waals surface area contributed by atoms with Gasteiger partial charge in [0.15, 0.2) is 0 Å². The Morgan fingerprint density at radius 2 is 1.80 bits per heavy atom. The van der Waals surface area contributed by atoms with Gasteiger partial charge >= 0.3 is 112 Å². The number of piperidine rings is 1. The predicted molar refractivity (Wildman–Crippen MR) is 80.1 cm³/mol. The van der Waals surface area contributed by atoms with Crippen LogP contribution in [-0.2, 0) is 23.5 Å².